The first-order valence-corrected chi connectivity index (χ1v) is 6.81. The Labute approximate surface area is 111 Å². The number of ether oxygens (including phenoxy) is 1. The predicted molar refractivity (Wildman–Crippen MR) is 76.5 cm³/mol. The smallest absolute Gasteiger partial charge is 0.225 e. The minimum Gasteiger partial charge on any atom is -0.385 e. The van der Waals surface area contributed by atoms with Gasteiger partial charge in [-0.15, -0.1) is 11.3 Å². The molecule has 6 heteroatoms. The van der Waals surface area contributed by atoms with E-state index >= 15 is 0 Å². The molecule has 2 aromatic rings. The van der Waals surface area contributed by atoms with Crippen molar-refractivity contribution in [1.82, 2.24) is 9.97 Å². The monoisotopic (exact) mass is 266 g/mol. The van der Waals surface area contributed by atoms with Crippen LogP contribution in [0.15, 0.2) is 11.4 Å². The van der Waals surface area contributed by atoms with Gasteiger partial charge >= 0.3 is 0 Å². The predicted octanol–water partition coefficient (Wildman–Crippen LogP) is 2.57. The third kappa shape index (κ3) is 2.88. The number of fused-ring (bicyclic) bond motifs is 1. The highest BCUT2D eigenvalue weighted by Gasteiger charge is 2.10. The molecule has 0 aromatic carbocycles. The van der Waals surface area contributed by atoms with Gasteiger partial charge in [0.25, 0.3) is 0 Å². The highest BCUT2D eigenvalue weighted by atomic mass is 32.1. The second kappa shape index (κ2) is 5.97. The van der Waals surface area contributed by atoms with Crippen LogP contribution in [0.4, 0.5) is 11.8 Å². The zero-order chi connectivity index (χ0) is 13.0. The molecule has 0 radical (unpaired) electrons. The summed E-state index contributed by atoms with van der Waals surface area (Å²) in [4.78, 5) is 9.88. The summed E-state index contributed by atoms with van der Waals surface area (Å²) in [5.41, 5.74) is 0. The molecule has 0 aliphatic rings. The van der Waals surface area contributed by atoms with E-state index in [0.29, 0.717) is 12.0 Å². The number of anilines is 2. The van der Waals surface area contributed by atoms with Crippen LogP contribution >= 0.6 is 11.3 Å². The molecule has 98 valence electrons. The second-order valence-electron chi connectivity index (χ2n) is 4.11. The topological polar surface area (TPSA) is 59.1 Å². The number of nitrogens with one attached hydrogen (secondary N) is 2. The largest absolute Gasteiger partial charge is 0.385 e. The van der Waals surface area contributed by atoms with Crippen LogP contribution in [0.25, 0.3) is 10.2 Å². The molecular formula is C12H18N4OS. The molecule has 0 fully saturated rings. The van der Waals surface area contributed by atoms with Crippen molar-refractivity contribution >= 4 is 33.3 Å². The van der Waals surface area contributed by atoms with E-state index in [1.807, 2.05) is 18.5 Å². The lowest BCUT2D eigenvalue weighted by Gasteiger charge is -2.15. The summed E-state index contributed by atoms with van der Waals surface area (Å²) in [6, 6.07) is 2.36. The Morgan fingerprint density at radius 1 is 1.44 bits per heavy atom. The lowest BCUT2D eigenvalue weighted by molar-refractivity contribution is 0.191. The molecule has 0 aliphatic heterocycles. The zero-order valence-corrected chi connectivity index (χ0v) is 11.7. The number of nitrogens with zero attached hydrogens (tertiary/aromatic N) is 2. The summed E-state index contributed by atoms with van der Waals surface area (Å²) in [5.74, 6) is 1.53. The third-order valence-corrected chi connectivity index (χ3v) is 3.49. The summed E-state index contributed by atoms with van der Waals surface area (Å²) < 4.78 is 5.08. The Balaban J connectivity index is 2.22. The van der Waals surface area contributed by atoms with Crippen LogP contribution in [0.3, 0.4) is 0 Å². The van der Waals surface area contributed by atoms with Gasteiger partial charge in [-0.3, -0.25) is 0 Å². The molecule has 2 N–H and O–H groups in total. The summed E-state index contributed by atoms with van der Waals surface area (Å²) in [5, 5.41) is 9.51. The van der Waals surface area contributed by atoms with E-state index in [1.54, 1.807) is 18.4 Å². The summed E-state index contributed by atoms with van der Waals surface area (Å²) in [7, 11) is 3.54. The first kappa shape index (κ1) is 13.0. The number of hydrogen-bond acceptors (Lipinski definition) is 6. The molecule has 0 saturated carbocycles. The molecule has 0 aliphatic carbocycles. The first-order chi connectivity index (χ1) is 8.74. The van der Waals surface area contributed by atoms with E-state index in [1.165, 1.54) is 0 Å². The number of methoxy groups -OCH3 is 1. The Hall–Kier alpha value is -1.40. The summed E-state index contributed by atoms with van der Waals surface area (Å²) >= 11 is 1.62. The van der Waals surface area contributed by atoms with Crippen molar-refractivity contribution in [3.63, 3.8) is 0 Å². The maximum absolute atomic E-state index is 5.08. The fourth-order valence-electron chi connectivity index (χ4n) is 1.68. The molecule has 0 spiro atoms. The number of thiophene rings is 1. The summed E-state index contributed by atoms with van der Waals surface area (Å²) in [6.45, 7) is 2.86. The molecule has 0 amide bonds. The lowest BCUT2D eigenvalue weighted by Crippen LogP contribution is -2.18. The van der Waals surface area contributed by atoms with E-state index in [9.17, 15) is 0 Å². The number of aromatic nitrogens is 2. The fourth-order valence-corrected chi connectivity index (χ4v) is 2.44. The van der Waals surface area contributed by atoms with Crippen molar-refractivity contribution in [3.05, 3.63) is 11.4 Å². The van der Waals surface area contributed by atoms with Crippen LogP contribution in [0, 0.1) is 0 Å². The molecule has 5 nitrogen and oxygen atoms in total. The van der Waals surface area contributed by atoms with Gasteiger partial charge in [-0.25, -0.2) is 4.98 Å². The van der Waals surface area contributed by atoms with E-state index in [-0.39, 0.29) is 0 Å². The Morgan fingerprint density at radius 3 is 3.00 bits per heavy atom. The average molecular weight is 266 g/mol. The lowest BCUT2D eigenvalue weighted by atomic mass is 10.2. The Kier molecular flexibility index (Phi) is 4.33. The molecule has 18 heavy (non-hydrogen) atoms. The molecule has 1 unspecified atom stereocenters. The van der Waals surface area contributed by atoms with Crippen LogP contribution in [0.2, 0.25) is 0 Å². The van der Waals surface area contributed by atoms with Crippen molar-refractivity contribution in [3.8, 4) is 0 Å². The van der Waals surface area contributed by atoms with Crippen molar-refractivity contribution in [2.75, 3.05) is 31.4 Å². The Bertz CT molecular complexity index is 514. The van der Waals surface area contributed by atoms with Crippen LogP contribution in [-0.2, 0) is 4.74 Å². The maximum Gasteiger partial charge on any atom is 0.225 e. The number of rotatable bonds is 6. The van der Waals surface area contributed by atoms with Gasteiger partial charge < -0.3 is 15.4 Å². The molecule has 0 bridgehead atoms. The summed E-state index contributed by atoms with van der Waals surface area (Å²) in [6.07, 6.45) is 0.945. The molecule has 0 saturated heterocycles. The highest BCUT2D eigenvalue weighted by molar-refractivity contribution is 7.16. The molecular weight excluding hydrogens is 248 g/mol. The van der Waals surface area contributed by atoms with Crippen molar-refractivity contribution in [1.29, 1.82) is 0 Å². The van der Waals surface area contributed by atoms with Crippen molar-refractivity contribution in [2.45, 2.75) is 19.4 Å². The zero-order valence-electron chi connectivity index (χ0n) is 10.9. The standard InChI is InChI=1S/C12H18N4OS/c1-8(4-6-17-3)14-10-9-5-7-18-11(9)16-12(13-2)15-10/h5,7-8H,4,6H2,1-3H3,(H2,13,14,15,16). The number of hydrogen-bond donors (Lipinski definition) is 2. The SMILES string of the molecule is CNc1nc(NC(C)CCOC)c2ccsc2n1. The fraction of sp³-hybridized carbons (Fsp3) is 0.500. The van der Waals surface area contributed by atoms with Crippen LogP contribution in [0.1, 0.15) is 13.3 Å². The quantitative estimate of drug-likeness (QED) is 0.841. The maximum atomic E-state index is 5.08. The van der Waals surface area contributed by atoms with Gasteiger partial charge in [0.2, 0.25) is 5.95 Å². The Morgan fingerprint density at radius 2 is 2.28 bits per heavy atom. The minimum absolute atomic E-state index is 0.313. The van der Waals surface area contributed by atoms with E-state index in [0.717, 1.165) is 29.1 Å². The second-order valence-corrected chi connectivity index (χ2v) is 5.01. The van der Waals surface area contributed by atoms with Gasteiger partial charge in [0.1, 0.15) is 10.6 Å². The first-order valence-electron chi connectivity index (χ1n) is 5.93. The van der Waals surface area contributed by atoms with E-state index in [2.05, 4.69) is 27.5 Å². The van der Waals surface area contributed by atoms with Gasteiger partial charge in [0.05, 0.1) is 5.39 Å². The van der Waals surface area contributed by atoms with Crippen molar-refractivity contribution < 1.29 is 4.74 Å². The molecule has 2 rings (SSSR count). The van der Waals surface area contributed by atoms with E-state index in [4.69, 9.17) is 4.74 Å². The van der Waals surface area contributed by atoms with Gasteiger partial charge in [-0.05, 0) is 24.8 Å². The van der Waals surface area contributed by atoms with Gasteiger partial charge in [-0.1, -0.05) is 0 Å². The van der Waals surface area contributed by atoms with Gasteiger partial charge in [0.15, 0.2) is 0 Å². The van der Waals surface area contributed by atoms with Crippen molar-refractivity contribution in [2.24, 2.45) is 0 Å². The third-order valence-electron chi connectivity index (χ3n) is 2.69. The highest BCUT2D eigenvalue weighted by Crippen LogP contribution is 2.26. The molecule has 2 heterocycles. The van der Waals surface area contributed by atoms with Gasteiger partial charge in [0, 0.05) is 26.8 Å². The molecule has 2 aromatic heterocycles. The van der Waals surface area contributed by atoms with Crippen LogP contribution in [-0.4, -0.2) is 36.8 Å². The average Bonchev–Trinajstić information content (AvgIpc) is 2.84. The van der Waals surface area contributed by atoms with Crippen LogP contribution in [0.5, 0.6) is 0 Å². The normalized spacial score (nSPS) is 12.6. The van der Waals surface area contributed by atoms with E-state index < -0.39 is 0 Å². The van der Waals surface area contributed by atoms with Crippen LogP contribution < -0.4 is 10.6 Å². The molecule has 1 atom stereocenters. The minimum atomic E-state index is 0.313. The van der Waals surface area contributed by atoms with Gasteiger partial charge in [-0.2, -0.15) is 4.98 Å².